The molecule has 7 nitrogen and oxygen atoms in total. The van der Waals surface area contributed by atoms with Crippen LogP contribution in [0.4, 0.5) is 24.8 Å². The van der Waals surface area contributed by atoms with Gasteiger partial charge in [0.25, 0.3) is 0 Å². The Morgan fingerprint density at radius 1 is 0.935 bits per heavy atom. The summed E-state index contributed by atoms with van der Waals surface area (Å²) in [5, 5.41) is 8.43. The lowest BCUT2D eigenvalue weighted by Crippen LogP contribution is -2.28. The largest absolute Gasteiger partial charge is 0.311 e. The van der Waals surface area contributed by atoms with Gasteiger partial charge in [0.05, 0.1) is 0 Å². The monoisotopic (exact) mass is 445 g/mol. The van der Waals surface area contributed by atoms with Gasteiger partial charge in [0.15, 0.2) is 17.5 Å². The van der Waals surface area contributed by atoms with Crippen LogP contribution in [0.2, 0.25) is 5.28 Å². The minimum Gasteiger partial charge on any atom is -0.311 e. The average molecular weight is 446 g/mol. The fourth-order valence-electron chi connectivity index (χ4n) is 3.57. The fourth-order valence-corrected chi connectivity index (χ4v) is 3.69. The number of halogens is 4. The Bertz CT molecular complexity index is 1270. The van der Waals surface area contributed by atoms with E-state index in [1.54, 1.807) is 21.7 Å². The van der Waals surface area contributed by atoms with E-state index in [2.05, 4.69) is 20.2 Å². The Morgan fingerprint density at radius 3 is 2.55 bits per heavy atom. The van der Waals surface area contributed by atoms with Crippen LogP contribution < -0.4 is 4.90 Å². The van der Waals surface area contributed by atoms with Gasteiger partial charge >= 0.3 is 0 Å². The molecule has 2 aromatic heterocycles. The molecule has 11 heteroatoms. The molecular formula is C20H15ClF3N7. The van der Waals surface area contributed by atoms with Gasteiger partial charge in [-0.2, -0.15) is 10.1 Å². The van der Waals surface area contributed by atoms with Crippen molar-refractivity contribution in [1.82, 2.24) is 29.5 Å². The molecule has 0 unspecified atom stereocenters. The lowest BCUT2D eigenvalue weighted by atomic mass is 10.1. The van der Waals surface area contributed by atoms with Crippen LogP contribution in [0.5, 0.6) is 0 Å². The summed E-state index contributed by atoms with van der Waals surface area (Å²) < 4.78 is 44.6. The van der Waals surface area contributed by atoms with Crippen LogP contribution in [0.15, 0.2) is 42.7 Å². The minimum atomic E-state index is -0.918. The molecule has 0 spiro atoms. The summed E-state index contributed by atoms with van der Waals surface area (Å²) in [6, 6.07) is 8.46. The normalized spacial score (nSPS) is 13.5. The fraction of sp³-hybridized carbons (Fsp3) is 0.200. The maximum Gasteiger partial charge on any atom is 0.242 e. The van der Waals surface area contributed by atoms with Gasteiger partial charge in [-0.3, -0.25) is 0 Å². The quantitative estimate of drug-likeness (QED) is 0.474. The van der Waals surface area contributed by atoms with E-state index >= 15 is 0 Å². The number of nitrogens with zero attached hydrogens (tertiary/aromatic N) is 7. The predicted octanol–water partition coefficient (Wildman–Crippen LogP) is 4.06. The van der Waals surface area contributed by atoms with Crippen molar-refractivity contribution >= 4 is 23.2 Å². The first kappa shape index (κ1) is 19.6. The third-order valence-electron chi connectivity index (χ3n) is 4.99. The molecule has 0 N–H and O–H groups in total. The van der Waals surface area contributed by atoms with E-state index in [0.29, 0.717) is 42.5 Å². The first-order chi connectivity index (χ1) is 15.0. The summed E-state index contributed by atoms with van der Waals surface area (Å²) in [5.41, 5.74) is 1.40. The second-order valence-corrected chi connectivity index (χ2v) is 7.41. The van der Waals surface area contributed by atoms with E-state index < -0.39 is 17.5 Å². The maximum absolute atomic E-state index is 14.6. The van der Waals surface area contributed by atoms with E-state index in [1.807, 2.05) is 0 Å². The number of anilines is 2. The number of benzene rings is 2. The Balaban J connectivity index is 1.41. The first-order valence-corrected chi connectivity index (χ1v) is 9.88. The van der Waals surface area contributed by atoms with Crippen LogP contribution in [-0.2, 0) is 13.0 Å². The molecule has 158 valence electrons. The van der Waals surface area contributed by atoms with Crippen molar-refractivity contribution in [2.45, 2.75) is 19.4 Å². The minimum absolute atomic E-state index is 0.0295. The molecule has 0 amide bonds. The summed E-state index contributed by atoms with van der Waals surface area (Å²) >= 11 is 5.70. The van der Waals surface area contributed by atoms with Crippen molar-refractivity contribution in [3.63, 3.8) is 0 Å². The maximum atomic E-state index is 14.6. The Kier molecular flexibility index (Phi) is 4.85. The van der Waals surface area contributed by atoms with E-state index in [4.69, 9.17) is 11.6 Å². The van der Waals surface area contributed by atoms with Crippen molar-refractivity contribution < 1.29 is 13.2 Å². The number of hydrogen-bond donors (Lipinski definition) is 0. The zero-order chi connectivity index (χ0) is 21.5. The second kappa shape index (κ2) is 7.69. The van der Waals surface area contributed by atoms with Crippen molar-refractivity contribution in [3.8, 4) is 5.69 Å². The molecule has 3 heterocycles. The number of rotatable bonds is 4. The highest BCUT2D eigenvalue weighted by molar-refractivity contribution is 6.28. The summed E-state index contributed by atoms with van der Waals surface area (Å²) in [5.74, 6) is -1.26. The molecule has 5 rings (SSSR count). The zero-order valence-electron chi connectivity index (χ0n) is 16.0. The lowest BCUT2D eigenvalue weighted by molar-refractivity contribution is 0.506. The molecule has 0 radical (unpaired) electrons. The molecule has 1 aliphatic rings. The van der Waals surface area contributed by atoms with E-state index in [9.17, 15) is 13.2 Å². The SMILES string of the molecule is Fc1ccc(N2CCCn3nc(Cc4ccc(-n5cnc(Cl)n5)c(F)c4)nc32)cc1F. The summed E-state index contributed by atoms with van der Waals surface area (Å²) in [6.45, 7) is 1.26. The number of aryl methyl sites for hydroxylation is 1. The lowest BCUT2D eigenvalue weighted by Gasteiger charge is -2.27. The van der Waals surface area contributed by atoms with Crippen molar-refractivity contribution in [1.29, 1.82) is 0 Å². The standard InChI is InChI=1S/C20H15ClF3N7/c21-19-25-11-31(28-19)17-5-2-12(8-16(17)24)9-18-26-20-29(6-1-7-30(20)27-18)13-3-4-14(22)15(23)10-13/h2-5,8,10-11H,1,6-7,9H2. The molecule has 0 atom stereocenters. The average Bonchev–Trinajstić information content (AvgIpc) is 3.35. The van der Waals surface area contributed by atoms with Crippen LogP contribution in [0.1, 0.15) is 17.8 Å². The zero-order valence-corrected chi connectivity index (χ0v) is 16.8. The predicted molar refractivity (Wildman–Crippen MR) is 107 cm³/mol. The van der Waals surface area contributed by atoms with Gasteiger partial charge in [-0.15, -0.1) is 5.10 Å². The van der Waals surface area contributed by atoms with Crippen LogP contribution in [0, 0.1) is 17.5 Å². The van der Waals surface area contributed by atoms with Crippen LogP contribution in [0.3, 0.4) is 0 Å². The molecule has 1 aliphatic heterocycles. The van der Waals surface area contributed by atoms with Gasteiger partial charge in [0.2, 0.25) is 11.2 Å². The van der Waals surface area contributed by atoms with Crippen molar-refractivity contribution in [2.24, 2.45) is 0 Å². The number of hydrogen-bond acceptors (Lipinski definition) is 5. The van der Waals surface area contributed by atoms with E-state index in [-0.39, 0.29) is 11.0 Å². The Morgan fingerprint density at radius 2 is 1.81 bits per heavy atom. The molecule has 0 bridgehead atoms. The molecule has 31 heavy (non-hydrogen) atoms. The topological polar surface area (TPSA) is 64.7 Å². The van der Waals surface area contributed by atoms with Crippen LogP contribution in [-0.4, -0.2) is 36.1 Å². The molecule has 0 aliphatic carbocycles. The Hall–Kier alpha value is -3.40. The van der Waals surface area contributed by atoms with Gasteiger partial charge < -0.3 is 4.90 Å². The van der Waals surface area contributed by atoms with Crippen molar-refractivity contribution in [3.05, 3.63) is 76.8 Å². The summed E-state index contributed by atoms with van der Waals surface area (Å²) in [4.78, 5) is 10.1. The van der Waals surface area contributed by atoms with Crippen LogP contribution in [0.25, 0.3) is 5.69 Å². The number of fused-ring (bicyclic) bond motifs is 1. The summed E-state index contributed by atoms with van der Waals surface area (Å²) in [6.07, 6.45) is 2.41. The third-order valence-corrected chi connectivity index (χ3v) is 5.16. The molecule has 0 fully saturated rings. The Labute approximate surface area is 179 Å². The highest BCUT2D eigenvalue weighted by Gasteiger charge is 2.23. The highest BCUT2D eigenvalue weighted by atomic mass is 35.5. The molecule has 0 saturated heterocycles. The van der Waals surface area contributed by atoms with Gasteiger partial charge in [-0.25, -0.2) is 27.5 Å². The molecule has 2 aromatic carbocycles. The van der Waals surface area contributed by atoms with Crippen molar-refractivity contribution in [2.75, 3.05) is 11.4 Å². The van der Waals surface area contributed by atoms with E-state index in [1.165, 1.54) is 23.1 Å². The second-order valence-electron chi connectivity index (χ2n) is 7.08. The molecule has 0 saturated carbocycles. The molecule has 4 aromatic rings. The summed E-state index contributed by atoms with van der Waals surface area (Å²) in [7, 11) is 0. The van der Waals surface area contributed by atoms with Gasteiger partial charge in [0.1, 0.15) is 17.8 Å². The van der Waals surface area contributed by atoms with Crippen LogP contribution >= 0.6 is 11.6 Å². The van der Waals surface area contributed by atoms with Gasteiger partial charge in [-0.1, -0.05) is 6.07 Å². The highest BCUT2D eigenvalue weighted by Crippen LogP contribution is 2.29. The van der Waals surface area contributed by atoms with E-state index in [0.717, 1.165) is 18.6 Å². The molecular weight excluding hydrogens is 431 g/mol. The van der Waals surface area contributed by atoms with Gasteiger partial charge in [0, 0.05) is 31.3 Å². The smallest absolute Gasteiger partial charge is 0.242 e. The number of aromatic nitrogens is 6. The first-order valence-electron chi connectivity index (χ1n) is 9.50. The third kappa shape index (κ3) is 3.74. The van der Waals surface area contributed by atoms with Gasteiger partial charge in [-0.05, 0) is 47.9 Å².